The number of likely N-dealkylation sites (tertiary alicyclic amines) is 1. The smallest absolute Gasteiger partial charge is 0.388 e. The zero-order valence-corrected chi connectivity index (χ0v) is 18.3. The second-order valence-corrected chi connectivity index (χ2v) is 9.19. The first kappa shape index (κ1) is 22.6. The molecule has 1 N–H and O–H groups in total. The summed E-state index contributed by atoms with van der Waals surface area (Å²) in [5, 5.41) is 15.4. The lowest BCUT2D eigenvalue weighted by Gasteiger charge is -2.40. The van der Waals surface area contributed by atoms with Crippen LogP contribution in [0.25, 0.3) is 16.7 Å². The molecular weight excluding hydrogens is 451 g/mol. The first-order valence-electron chi connectivity index (χ1n) is 11.3. The fourth-order valence-corrected chi connectivity index (χ4v) is 4.57. The number of amides is 1. The molecule has 0 unspecified atom stereocenters. The first-order valence-corrected chi connectivity index (χ1v) is 11.3. The molecule has 34 heavy (non-hydrogen) atoms. The van der Waals surface area contributed by atoms with Crippen LogP contribution in [-0.4, -0.2) is 53.9 Å². The Bertz CT molecular complexity index is 1270. The number of rotatable bonds is 4. The number of halogens is 3. The fraction of sp³-hybridized carbons (Fsp3) is 0.478. The quantitative estimate of drug-likeness (QED) is 0.627. The van der Waals surface area contributed by atoms with E-state index < -0.39 is 22.9 Å². The third-order valence-corrected chi connectivity index (χ3v) is 6.92. The Morgan fingerprint density at radius 3 is 2.41 bits per heavy atom. The lowest BCUT2D eigenvalue weighted by atomic mass is 9.83. The van der Waals surface area contributed by atoms with Crippen molar-refractivity contribution < 1.29 is 23.1 Å². The Hall–Kier alpha value is -3.21. The summed E-state index contributed by atoms with van der Waals surface area (Å²) in [7, 11) is 0. The van der Waals surface area contributed by atoms with Gasteiger partial charge in [0.25, 0.3) is 5.56 Å². The second-order valence-electron chi connectivity index (χ2n) is 9.19. The lowest BCUT2D eigenvalue weighted by molar-refractivity contribution is -0.143. The van der Waals surface area contributed by atoms with Gasteiger partial charge in [-0.25, -0.2) is 9.67 Å². The fourth-order valence-electron chi connectivity index (χ4n) is 4.57. The number of fused-ring (bicyclic) bond motifs is 1. The van der Waals surface area contributed by atoms with Gasteiger partial charge in [-0.15, -0.1) is 0 Å². The standard InChI is InChI=1S/C23H24F3N5O3/c24-23(25,26)16-4-6-17(7-5-16)31-19-18(12-28-31)21(33)30(14-27-19)13-22(34)8-10-29(11-9-22)20(32)15-2-1-3-15/h4-7,12,14-15,34H,1-3,8-11,13H2. The summed E-state index contributed by atoms with van der Waals surface area (Å²) in [6.45, 7) is 0.927. The van der Waals surface area contributed by atoms with Gasteiger partial charge < -0.3 is 10.0 Å². The Labute approximate surface area is 192 Å². The summed E-state index contributed by atoms with van der Waals surface area (Å²) >= 11 is 0. The highest BCUT2D eigenvalue weighted by molar-refractivity contribution is 5.79. The molecule has 1 amide bonds. The summed E-state index contributed by atoms with van der Waals surface area (Å²) in [6, 6.07) is 4.43. The molecule has 180 valence electrons. The number of nitrogens with zero attached hydrogens (tertiary/aromatic N) is 5. The second kappa shape index (κ2) is 8.23. The van der Waals surface area contributed by atoms with Crippen LogP contribution in [0.5, 0.6) is 0 Å². The molecule has 2 aromatic heterocycles. The number of carbonyl (C=O) groups is 1. The van der Waals surface area contributed by atoms with Gasteiger partial charge in [-0.2, -0.15) is 18.3 Å². The molecule has 3 aromatic rings. The average Bonchev–Trinajstić information content (AvgIpc) is 3.19. The molecule has 1 aliphatic carbocycles. The van der Waals surface area contributed by atoms with Crippen LogP contribution in [0.15, 0.2) is 41.6 Å². The number of piperidine rings is 1. The molecule has 2 aliphatic rings. The maximum absolute atomic E-state index is 13.0. The minimum atomic E-state index is -4.45. The minimum Gasteiger partial charge on any atom is -0.388 e. The Kier molecular flexibility index (Phi) is 5.46. The van der Waals surface area contributed by atoms with Gasteiger partial charge in [0.1, 0.15) is 11.7 Å². The van der Waals surface area contributed by atoms with Gasteiger partial charge in [-0.1, -0.05) is 6.42 Å². The SMILES string of the molecule is O=C(C1CCC1)N1CCC(O)(Cn2cnc3c(cnn3-c3ccc(C(F)(F)F)cc3)c2=O)CC1. The zero-order chi connectivity index (χ0) is 24.1. The number of alkyl halides is 3. The third kappa shape index (κ3) is 4.08. The molecule has 0 radical (unpaired) electrons. The van der Waals surface area contributed by atoms with Crippen molar-refractivity contribution in [3.8, 4) is 5.69 Å². The van der Waals surface area contributed by atoms with Crippen molar-refractivity contribution in [1.82, 2.24) is 24.2 Å². The number of carbonyl (C=O) groups excluding carboxylic acids is 1. The topological polar surface area (TPSA) is 93.2 Å². The van der Waals surface area contributed by atoms with Gasteiger partial charge in [0.05, 0.1) is 29.6 Å². The van der Waals surface area contributed by atoms with Crippen LogP contribution in [0.4, 0.5) is 13.2 Å². The van der Waals surface area contributed by atoms with Gasteiger partial charge in [-0.05, 0) is 49.9 Å². The van der Waals surface area contributed by atoms with Gasteiger partial charge >= 0.3 is 6.18 Å². The molecule has 0 bridgehead atoms. The highest BCUT2D eigenvalue weighted by Gasteiger charge is 2.37. The van der Waals surface area contributed by atoms with Crippen LogP contribution in [0.2, 0.25) is 0 Å². The number of benzene rings is 1. The van der Waals surface area contributed by atoms with E-state index in [9.17, 15) is 27.9 Å². The lowest BCUT2D eigenvalue weighted by Crippen LogP contribution is -2.51. The van der Waals surface area contributed by atoms with Gasteiger partial charge in [0.2, 0.25) is 5.91 Å². The zero-order valence-electron chi connectivity index (χ0n) is 18.3. The van der Waals surface area contributed by atoms with Crippen molar-refractivity contribution in [2.24, 2.45) is 5.92 Å². The maximum Gasteiger partial charge on any atom is 0.416 e. The molecule has 0 spiro atoms. The van der Waals surface area contributed by atoms with E-state index in [-0.39, 0.29) is 29.4 Å². The van der Waals surface area contributed by atoms with Crippen molar-refractivity contribution >= 4 is 16.9 Å². The van der Waals surface area contributed by atoms with E-state index in [1.165, 1.54) is 33.9 Å². The van der Waals surface area contributed by atoms with Crippen molar-refractivity contribution in [2.45, 2.75) is 50.4 Å². The minimum absolute atomic E-state index is 0.0334. The van der Waals surface area contributed by atoms with Crippen LogP contribution >= 0.6 is 0 Å². The summed E-state index contributed by atoms with van der Waals surface area (Å²) < 4.78 is 41.1. The van der Waals surface area contributed by atoms with Gasteiger partial charge in [0, 0.05) is 19.0 Å². The van der Waals surface area contributed by atoms with Crippen LogP contribution in [0.3, 0.4) is 0 Å². The number of aliphatic hydroxyl groups is 1. The van der Waals surface area contributed by atoms with Crippen molar-refractivity contribution in [1.29, 1.82) is 0 Å². The van der Waals surface area contributed by atoms with Crippen LogP contribution in [0.1, 0.15) is 37.7 Å². The van der Waals surface area contributed by atoms with E-state index in [1.807, 2.05) is 0 Å². The van der Waals surface area contributed by atoms with E-state index in [0.717, 1.165) is 31.4 Å². The maximum atomic E-state index is 13.0. The molecule has 1 saturated carbocycles. The van der Waals surface area contributed by atoms with Crippen molar-refractivity contribution in [3.63, 3.8) is 0 Å². The summed E-state index contributed by atoms with van der Waals surface area (Å²) in [5.41, 5.74) is -1.76. The highest BCUT2D eigenvalue weighted by atomic mass is 19.4. The molecule has 1 aromatic carbocycles. The van der Waals surface area contributed by atoms with Gasteiger partial charge in [-0.3, -0.25) is 14.2 Å². The van der Waals surface area contributed by atoms with E-state index >= 15 is 0 Å². The molecule has 0 atom stereocenters. The number of hydrogen-bond donors (Lipinski definition) is 1. The highest BCUT2D eigenvalue weighted by Crippen LogP contribution is 2.32. The molecule has 1 saturated heterocycles. The van der Waals surface area contributed by atoms with E-state index in [1.54, 1.807) is 4.90 Å². The van der Waals surface area contributed by atoms with Gasteiger partial charge in [0.15, 0.2) is 5.65 Å². The molecular formula is C23H24F3N5O3. The monoisotopic (exact) mass is 475 g/mol. The molecule has 11 heteroatoms. The summed E-state index contributed by atoms with van der Waals surface area (Å²) in [6.07, 6.45) is 1.86. The number of hydrogen-bond acceptors (Lipinski definition) is 5. The van der Waals surface area contributed by atoms with Crippen LogP contribution in [0, 0.1) is 5.92 Å². The predicted molar refractivity (Wildman–Crippen MR) is 116 cm³/mol. The van der Waals surface area contributed by atoms with Crippen LogP contribution in [-0.2, 0) is 17.5 Å². The number of aromatic nitrogens is 4. The summed E-state index contributed by atoms with van der Waals surface area (Å²) in [4.78, 5) is 31.6. The Morgan fingerprint density at radius 2 is 1.82 bits per heavy atom. The van der Waals surface area contributed by atoms with Crippen molar-refractivity contribution in [2.75, 3.05) is 13.1 Å². The normalized spacial score (nSPS) is 18.8. The Morgan fingerprint density at radius 1 is 1.15 bits per heavy atom. The molecule has 2 fully saturated rings. The van der Waals surface area contributed by atoms with E-state index in [0.29, 0.717) is 31.6 Å². The summed E-state index contributed by atoms with van der Waals surface area (Å²) in [5.74, 6) is 0.269. The molecule has 8 nitrogen and oxygen atoms in total. The molecule has 1 aliphatic heterocycles. The molecule has 3 heterocycles. The third-order valence-electron chi connectivity index (χ3n) is 6.92. The molecule has 5 rings (SSSR count). The first-order chi connectivity index (χ1) is 16.1. The predicted octanol–water partition coefficient (Wildman–Crippen LogP) is 2.75. The Balaban J connectivity index is 1.33. The van der Waals surface area contributed by atoms with E-state index in [4.69, 9.17) is 0 Å². The van der Waals surface area contributed by atoms with E-state index in [2.05, 4.69) is 10.1 Å². The van der Waals surface area contributed by atoms with Crippen LogP contribution < -0.4 is 5.56 Å². The largest absolute Gasteiger partial charge is 0.416 e. The van der Waals surface area contributed by atoms with Crippen molar-refractivity contribution in [3.05, 3.63) is 52.7 Å². The average molecular weight is 475 g/mol.